The van der Waals surface area contributed by atoms with Crippen molar-refractivity contribution >= 4 is 33.6 Å². The third-order valence-electron chi connectivity index (χ3n) is 6.29. The summed E-state index contributed by atoms with van der Waals surface area (Å²) in [6.45, 7) is 5.25. The second-order valence-electron chi connectivity index (χ2n) is 10.3. The summed E-state index contributed by atoms with van der Waals surface area (Å²) >= 11 is 0. The molecule has 0 aliphatic heterocycles. The zero-order valence-electron chi connectivity index (χ0n) is 22.0. The maximum Gasteiger partial charge on any atom is 0.408 e. The van der Waals surface area contributed by atoms with E-state index in [-0.39, 0.29) is 11.5 Å². The molecule has 0 unspecified atom stereocenters. The van der Waals surface area contributed by atoms with Crippen molar-refractivity contribution in [2.24, 2.45) is 0 Å². The van der Waals surface area contributed by atoms with Gasteiger partial charge < -0.3 is 19.9 Å². The summed E-state index contributed by atoms with van der Waals surface area (Å²) in [7, 11) is 0. The van der Waals surface area contributed by atoms with Crippen LogP contribution in [0.1, 0.15) is 32.4 Å². The fraction of sp³-hybridized carbons (Fsp3) is 0.152. The Morgan fingerprint density at radius 1 is 0.718 bits per heavy atom. The first-order valence-corrected chi connectivity index (χ1v) is 12.7. The Labute approximate surface area is 226 Å². The molecule has 196 valence electrons. The van der Waals surface area contributed by atoms with E-state index in [1.165, 1.54) is 0 Å². The number of hydrogen-bond donors (Lipinski definition) is 2. The normalized spacial score (nSPS) is 12.2. The quantitative estimate of drug-likeness (QED) is 0.185. The molecule has 5 rings (SSSR count). The molecule has 5 aromatic carbocycles. The molecule has 0 aromatic heterocycles. The molecule has 0 bridgehead atoms. The number of amides is 1. The van der Waals surface area contributed by atoms with Gasteiger partial charge in [-0.2, -0.15) is 0 Å². The first-order chi connectivity index (χ1) is 18.7. The molecule has 0 spiro atoms. The van der Waals surface area contributed by atoms with Gasteiger partial charge in [0.1, 0.15) is 17.1 Å². The summed E-state index contributed by atoms with van der Waals surface area (Å²) in [6, 6.07) is 30.2. The highest BCUT2D eigenvalue weighted by molar-refractivity contribution is 6.10. The van der Waals surface area contributed by atoms with Crippen molar-refractivity contribution in [2.75, 3.05) is 0 Å². The summed E-state index contributed by atoms with van der Waals surface area (Å²) in [5, 5.41) is 17.2. The topological polar surface area (TPSA) is 84.9 Å². The minimum absolute atomic E-state index is 0.0637. The molecule has 0 aliphatic carbocycles. The Bertz CT molecular complexity index is 1670. The standard InChI is InChI=1S/C33H29NO5/c1-33(2,3)39-32(37)34-30(23-13-5-4-6-14-23)31(36)38-27-20-18-22-12-8-10-16-25(22)29(27)28-24-15-9-7-11-21(24)17-19-26(28)35/h4-20,30,35H,1-3H3,(H,34,37)/t30-/m0/s1. The highest BCUT2D eigenvalue weighted by Crippen LogP contribution is 2.45. The lowest BCUT2D eigenvalue weighted by Crippen LogP contribution is -2.39. The fourth-order valence-electron chi connectivity index (χ4n) is 4.63. The van der Waals surface area contributed by atoms with Crippen LogP contribution in [0.2, 0.25) is 0 Å². The van der Waals surface area contributed by atoms with Crippen molar-refractivity contribution in [3.63, 3.8) is 0 Å². The van der Waals surface area contributed by atoms with Crippen LogP contribution in [0.5, 0.6) is 11.5 Å². The molecular formula is C33H29NO5. The molecule has 0 fully saturated rings. The minimum atomic E-state index is -1.12. The Morgan fingerprint density at radius 2 is 1.28 bits per heavy atom. The molecule has 1 atom stereocenters. The molecular weight excluding hydrogens is 490 g/mol. The third-order valence-corrected chi connectivity index (χ3v) is 6.29. The van der Waals surface area contributed by atoms with Gasteiger partial charge in [0.2, 0.25) is 0 Å². The molecule has 0 radical (unpaired) electrons. The first kappa shape index (κ1) is 25.8. The fourth-order valence-corrected chi connectivity index (χ4v) is 4.63. The van der Waals surface area contributed by atoms with E-state index in [0.717, 1.165) is 21.5 Å². The zero-order valence-corrected chi connectivity index (χ0v) is 22.0. The maximum absolute atomic E-state index is 13.7. The monoisotopic (exact) mass is 519 g/mol. The van der Waals surface area contributed by atoms with E-state index in [1.54, 1.807) is 57.2 Å². The highest BCUT2D eigenvalue weighted by Gasteiger charge is 2.29. The second kappa shape index (κ2) is 10.5. The van der Waals surface area contributed by atoms with Gasteiger partial charge in [-0.15, -0.1) is 0 Å². The average molecular weight is 520 g/mol. The Balaban J connectivity index is 1.62. The number of carbonyl (C=O) groups is 2. The SMILES string of the molecule is CC(C)(C)OC(=O)N[C@H](C(=O)Oc1ccc2ccccc2c1-c1c(O)ccc2ccccc12)c1ccccc1. The van der Waals surface area contributed by atoms with Gasteiger partial charge in [0.15, 0.2) is 6.04 Å². The summed E-state index contributed by atoms with van der Waals surface area (Å²) in [4.78, 5) is 26.4. The number of rotatable bonds is 5. The summed E-state index contributed by atoms with van der Waals surface area (Å²) in [6.07, 6.45) is -0.737. The van der Waals surface area contributed by atoms with Gasteiger partial charge in [-0.25, -0.2) is 9.59 Å². The van der Waals surface area contributed by atoms with Gasteiger partial charge in [-0.05, 0) is 60.0 Å². The van der Waals surface area contributed by atoms with E-state index < -0.39 is 23.7 Å². The molecule has 0 saturated carbocycles. The van der Waals surface area contributed by atoms with Gasteiger partial charge >= 0.3 is 12.1 Å². The zero-order chi connectivity index (χ0) is 27.6. The first-order valence-electron chi connectivity index (χ1n) is 12.7. The van der Waals surface area contributed by atoms with Crippen LogP contribution in [0.15, 0.2) is 103 Å². The molecule has 0 aliphatic rings. The van der Waals surface area contributed by atoms with Crippen LogP contribution in [-0.2, 0) is 9.53 Å². The number of esters is 1. The molecule has 6 nitrogen and oxygen atoms in total. The van der Waals surface area contributed by atoms with E-state index in [1.807, 2.05) is 66.7 Å². The van der Waals surface area contributed by atoms with Gasteiger partial charge in [0.05, 0.1) is 0 Å². The number of phenolic OH excluding ortho intramolecular Hbond substituents is 1. The van der Waals surface area contributed by atoms with Crippen LogP contribution in [0.4, 0.5) is 4.79 Å². The number of hydrogen-bond acceptors (Lipinski definition) is 5. The van der Waals surface area contributed by atoms with Crippen molar-refractivity contribution in [3.8, 4) is 22.6 Å². The Kier molecular flexibility index (Phi) is 6.94. The number of fused-ring (bicyclic) bond motifs is 2. The van der Waals surface area contributed by atoms with Crippen LogP contribution >= 0.6 is 0 Å². The number of benzene rings is 5. The molecule has 0 heterocycles. The largest absolute Gasteiger partial charge is 0.507 e. The molecule has 1 amide bonds. The number of phenols is 1. The van der Waals surface area contributed by atoms with Gasteiger partial charge in [0, 0.05) is 11.1 Å². The number of carbonyl (C=O) groups excluding carboxylic acids is 2. The van der Waals surface area contributed by atoms with E-state index in [4.69, 9.17) is 9.47 Å². The number of aromatic hydroxyl groups is 1. The van der Waals surface area contributed by atoms with E-state index in [2.05, 4.69) is 5.32 Å². The van der Waals surface area contributed by atoms with Crippen molar-refractivity contribution in [2.45, 2.75) is 32.4 Å². The van der Waals surface area contributed by atoms with Gasteiger partial charge in [-0.1, -0.05) is 91.0 Å². The summed E-state index contributed by atoms with van der Waals surface area (Å²) in [5.74, 6) is -0.366. The number of nitrogens with one attached hydrogen (secondary N) is 1. The highest BCUT2D eigenvalue weighted by atomic mass is 16.6. The van der Waals surface area contributed by atoms with Crippen LogP contribution in [0.25, 0.3) is 32.7 Å². The van der Waals surface area contributed by atoms with Crippen molar-refractivity contribution in [1.82, 2.24) is 5.32 Å². The molecule has 6 heteroatoms. The summed E-state index contributed by atoms with van der Waals surface area (Å²) in [5.41, 5.74) is 0.944. The average Bonchev–Trinajstić information content (AvgIpc) is 2.91. The van der Waals surface area contributed by atoms with E-state index in [0.29, 0.717) is 16.7 Å². The molecule has 39 heavy (non-hydrogen) atoms. The lowest BCUT2D eigenvalue weighted by molar-refractivity contribution is -0.136. The lowest BCUT2D eigenvalue weighted by atomic mass is 9.92. The third kappa shape index (κ3) is 5.55. The van der Waals surface area contributed by atoms with Crippen molar-refractivity contribution in [1.29, 1.82) is 0 Å². The number of alkyl carbamates (subject to hydrolysis) is 1. The Hall–Kier alpha value is -4.84. The van der Waals surface area contributed by atoms with Gasteiger partial charge in [-0.3, -0.25) is 0 Å². The van der Waals surface area contributed by atoms with E-state index in [9.17, 15) is 14.7 Å². The van der Waals surface area contributed by atoms with Crippen LogP contribution in [0.3, 0.4) is 0 Å². The molecule has 2 N–H and O–H groups in total. The predicted molar refractivity (Wildman–Crippen MR) is 153 cm³/mol. The second-order valence-corrected chi connectivity index (χ2v) is 10.3. The molecule has 5 aromatic rings. The smallest absolute Gasteiger partial charge is 0.408 e. The van der Waals surface area contributed by atoms with Crippen LogP contribution in [0, 0.1) is 0 Å². The number of ether oxygens (including phenoxy) is 2. The van der Waals surface area contributed by atoms with Crippen LogP contribution in [-0.4, -0.2) is 22.8 Å². The lowest BCUT2D eigenvalue weighted by Gasteiger charge is -2.24. The predicted octanol–water partition coefficient (Wildman–Crippen LogP) is 7.54. The summed E-state index contributed by atoms with van der Waals surface area (Å²) < 4.78 is 11.5. The van der Waals surface area contributed by atoms with E-state index >= 15 is 0 Å². The molecule has 0 saturated heterocycles. The van der Waals surface area contributed by atoms with Crippen LogP contribution < -0.4 is 10.1 Å². The Morgan fingerprint density at radius 3 is 1.92 bits per heavy atom. The van der Waals surface area contributed by atoms with Gasteiger partial charge in [0.25, 0.3) is 0 Å². The van der Waals surface area contributed by atoms with Crippen molar-refractivity contribution in [3.05, 3.63) is 109 Å². The minimum Gasteiger partial charge on any atom is -0.507 e. The van der Waals surface area contributed by atoms with Crippen molar-refractivity contribution < 1.29 is 24.2 Å². The maximum atomic E-state index is 13.7.